The standard InChI is InChI=1S/C6H11FS/c7-6-2-1-5(3-6)4-8/h5-6,8H,1-4H2. The molecule has 0 aromatic heterocycles. The second-order valence-corrected chi connectivity index (χ2v) is 2.82. The normalized spacial score (nSPS) is 38.2. The monoisotopic (exact) mass is 134 g/mol. The Labute approximate surface area is 54.9 Å². The molecular formula is C6H11FS. The molecule has 2 heteroatoms. The summed E-state index contributed by atoms with van der Waals surface area (Å²) in [5.41, 5.74) is 0. The minimum absolute atomic E-state index is 0.521. The SMILES string of the molecule is FC1CCC(CS)C1. The van der Waals surface area contributed by atoms with Gasteiger partial charge in [0, 0.05) is 0 Å². The lowest BCUT2D eigenvalue weighted by molar-refractivity contribution is 0.335. The fourth-order valence-corrected chi connectivity index (χ4v) is 1.51. The molecule has 0 N–H and O–H groups in total. The maximum atomic E-state index is 12.3. The van der Waals surface area contributed by atoms with Crippen LogP contribution in [0.2, 0.25) is 0 Å². The van der Waals surface area contributed by atoms with Gasteiger partial charge < -0.3 is 0 Å². The van der Waals surface area contributed by atoms with Crippen molar-refractivity contribution in [2.75, 3.05) is 5.75 Å². The molecule has 0 radical (unpaired) electrons. The zero-order chi connectivity index (χ0) is 5.98. The van der Waals surface area contributed by atoms with Crippen LogP contribution in [-0.2, 0) is 0 Å². The van der Waals surface area contributed by atoms with Gasteiger partial charge in [-0.1, -0.05) is 0 Å². The van der Waals surface area contributed by atoms with E-state index in [2.05, 4.69) is 12.6 Å². The van der Waals surface area contributed by atoms with Gasteiger partial charge in [0.25, 0.3) is 0 Å². The van der Waals surface area contributed by atoms with Gasteiger partial charge in [0.2, 0.25) is 0 Å². The zero-order valence-corrected chi connectivity index (χ0v) is 5.70. The van der Waals surface area contributed by atoms with Gasteiger partial charge in [-0.15, -0.1) is 0 Å². The van der Waals surface area contributed by atoms with E-state index in [1.807, 2.05) is 0 Å². The number of rotatable bonds is 1. The fraction of sp³-hybridized carbons (Fsp3) is 1.00. The van der Waals surface area contributed by atoms with E-state index in [9.17, 15) is 4.39 Å². The maximum Gasteiger partial charge on any atom is 0.100 e. The molecule has 0 saturated heterocycles. The third-order valence-electron chi connectivity index (χ3n) is 1.74. The van der Waals surface area contributed by atoms with Crippen LogP contribution in [0.25, 0.3) is 0 Å². The molecule has 48 valence electrons. The average molecular weight is 134 g/mol. The van der Waals surface area contributed by atoms with E-state index in [0.717, 1.165) is 25.0 Å². The number of alkyl halides is 1. The molecule has 0 aromatic rings. The van der Waals surface area contributed by atoms with Crippen molar-refractivity contribution in [2.45, 2.75) is 25.4 Å². The molecule has 1 rings (SSSR count). The number of hydrogen-bond acceptors (Lipinski definition) is 1. The lowest BCUT2D eigenvalue weighted by Gasteiger charge is -1.99. The second-order valence-electron chi connectivity index (χ2n) is 2.46. The summed E-state index contributed by atoms with van der Waals surface area (Å²) in [6, 6.07) is 0. The Hall–Kier alpha value is 0.280. The highest BCUT2D eigenvalue weighted by atomic mass is 32.1. The molecule has 2 atom stereocenters. The topological polar surface area (TPSA) is 0 Å². The first-order chi connectivity index (χ1) is 3.83. The van der Waals surface area contributed by atoms with E-state index in [-0.39, 0.29) is 0 Å². The van der Waals surface area contributed by atoms with Crippen molar-refractivity contribution < 1.29 is 4.39 Å². The highest BCUT2D eigenvalue weighted by molar-refractivity contribution is 7.80. The van der Waals surface area contributed by atoms with Crippen molar-refractivity contribution in [2.24, 2.45) is 5.92 Å². The van der Waals surface area contributed by atoms with Gasteiger partial charge in [-0.2, -0.15) is 12.6 Å². The van der Waals surface area contributed by atoms with Crippen LogP contribution in [0.4, 0.5) is 4.39 Å². The Kier molecular flexibility index (Phi) is 2.17. The molecule has 0 spiro atoms. The summed E-state index contributed by atoms with van der Waals surface area (Å²) in [4.78, 5) is 0. The minimum Gasteiger partial charge on any atom is -0.247 e. The van der Waals surface area contributed by atoms with Gasteiger partial charge in [-0.3, -0.25) is 0 Å². The summed E-state index contributed by atoms with van der Waals surface area (Å²) >= 11 is 4.09. The molecule has 0 bridgehead atoms. The number of thiol groups is 1. The molecule has 0 aromatic carbocycles. The Bertz CT molecular complexity index is 74.9. The molecule has 1 aliphatic rings. The maximum absolute atomic E-state index is 12.3. The third kappa shape index (κ3) is 1.38. The molecule has 1 aliphatic carbocycles. The summed E-state index contributed by atoms with van der Waals surface area (Å²) in [5, 5.41) is 0. The van der Waals surface area contributed by atoms with Crippen molar-refractivity contribution in [3.8, 4) is 0 Å². The van der Waals surface area contributed by atoms with E-state index in [1.165, 1.54) is 0 Å². The van der Waals surface area contributed by atoms with Gasteiger partial charge in [0.05, 0.1) is 0 Å². The minimum atomic E-state index is -0.521. The van der Waals surface area contributed by atoms with Crippen LogP contribution >= 0.6 is 12.6 Å². The van der Waals surface area contributed by atoms with Crippen LogP contribution in [0.5, 0.6) is 0 Å². The molecule has 0 aliphatic heterocycles. The first-order valence-electron chi connectivity index (χ1n) is 3.08. The lowest BCUT2D eigenvalue weighted by atomic mass is 10.1. The van der Waals surface area contributed by atoms with Crippen molar-refractivity contribution in [3.05, 3.63) is 0 Å². The van der Waals surface area contributed by atoms with Gasteiger partial charge in [0.15, 0.2) is 0 Å². The van der Waals surface area contributed by atoms with Crippen LogP contribution in [0, 0.1) is 5.92 Å². The predicted octanol–water partition coefficient (Wildman–Crippen LogP) is 2.05. The Morgan fingerprint density at radius 3 is 2.50 bits per heavy atom. The number of halogens is 1. The van der Waals surface area contributed by atoms with E-state index in [4.69, 9.17) is 0 Å². The quantitative estimate of drug-likeness (QED) is 0.521. The van der Waals surface area contributed by atoms with Crippen LogP contribution < -0.4 is 0 Å². The van der Waals surface area contributed by atoms with Crippen molar-refractivity contribution in [1.29, 1.82) is 0 Å². The largest absolute Gasteiger partial charge is 0.247 e. The molecule has 1 saturated carbocycles. The van der Waals surface area contributed by atoms with Crippen molar-refractivity contribution in [3.63, 3.8) is 0 Å². The summed E-state index contributed by atoms with van der Waals surface area (Å²) in [7, 11) is 0. The molecule has 0 heterocycles. The smallest absolute Gasteiger partial charge is 0.100 e. The summed E-state index contributed by atoms with van der Waals surface area (Å²) in [5.74, 6) is 1.42. The van der Waals surface area contributed by atoms with E-state index in [1.54, 1.807) is 0 Å². The van der Waals surface area contributed by atoms with Crippen LogP contribution in [0.1, 0.15) is 19.3 Å². The second kappa shape index (κ2) is 2.72. The Morgan fingerprint density at radius 2 is 2.25 bits per heavy atom. The van der Waals surface area contributed by atoms with E-state index < -0.39 is 6.17 Å². The summed E-state index contributed by atoms with van der Waals surface area (Å²) in [6.07, 6.45) is 2.05. The highest BCUT2D eigenvalue weighted by Crippen LogP contribution is 2.28. The zero-order valence-electron chi connectivity index (χ0n) is 4.81. The molecule has 1 fully saturated rings. The highest BCUT2D eigenvalue weighted by Gasteiger charge is 2.22. The number of hydrogen-bond donors (Lipinski definition) is 1. The first-order valence-corrected chi connectivity index (χ1v) is 3.71. The summed E-state index contributed by atoms with van der Waals surface area (Å²) < 4.78 is 12.3. The summed E-state index contributed by atoms with van der Waals surface area (Å²) in [6.45, 7) is 0. The van der Waals surface area contributed by atoms with Crippen molar-refractivity contribution in [1.82, 2.24) is 0 Å². The third-order valence-corrected chi connectivity index (χ3v) is 2.25. The Morgan fingerprint density at radius 1 is 1.50 bits per heavy atom. The van der Waals surface area contributed by atoms with Crippen LogP contribution in [0.3, 0.4) is 0 Å². The van der Waals surface area contributed by atoms with E-state index >= 15 is 0 Å². The van der Waals surface area contributed by atoms with E-state index in [0.29, 0.717) is 5.92 Å². The molecule has 0 nitrogen and oxygen atoms in total. The van der Waals surface area contributed by atoms with Gasteiger partial charge in [0.1, 0.15) is 6.17 Å². The molecule has 0 amide bonds. The van der Waals surface area contributed by atoms with Crippen LogP contribution in [0.15, 0.2) is 0 Å². The molecule has 8 heavy (non-hydrogen) atoms. The average Bonchev–Trinajstić information content (AvgIpc) is 2.14. The van der Waals surface area contributed by atoms with Gasteiger partial charge in [-0.25, -0.2) is 4.39 Å². The predicted molar refractivity (Wildman–Crippen MR) is 36.1 cm³/mol. The van der Waals surface area contributed by atoms with Gasteiger partial charge >= 0.3 is 0 Å². The van der Waals surface area contributed by atoms with Crippen LogP contribution in [-0.4, -0.2) is 11.9 Å². The fourth-order valence-electron chi connectivity index (χ4n) is 1.18. The Balaban J connectivity index is 2.22. The first kappa shape index (κ1) is 6.40. The molecule has 2 unspecified atom stereocenters. The molecular weight excluding hydrogens is 123 g/mol. The van der Waals surface area contributed by atoms with Gasteiger partial charge in [-0.05, 0) is 30.9 Å². The van der Waals surface area contributed by atoms with Crippen molar-refractivity contribution >= 4 is 12.6 Å². The lowest BCUT2D eigenvalue weighted by Crippen LogP contribution is -1.96.